The maximum atomic E-state index is 6.22. The molecule has 0 aromatic carbocycles. The molecule has 104 valence electrons. The molecular weight excluding hydrogens is 294 g/mol. The van der Waals surface area contributed by atoms with Gasteiger partial charge in [0.25, 0.3) is 0 Å². The Labute approximate surface area is 124 Å². The van der Waals surface area contributed by atoms with E-state index in [9.17, 15) is 0 Å². The summed E-state index contributed by atoms with van der Waals surface area (Å²) in [5, 5.41) is 8.04. The summed E-state index contributed by atoms with van der Waals surface area (Å²) in [6.45, 7) is 1.19. The van der Waals surface area contributed by atoms with E-state index in [1.807, 2.05) is 16.7 Å². The van der Waals surface area contributed by atoms with Gasteiger partial charge in [-0.3, -0.25) is 9.67 Å². The number of ether oxygens (including phenoxy) is 1. The van der Waals surface area contributed by atoms with Crippen LogP contribution in [0.25, 0.3) is 20.9 Å². The summed E-state index contributed by atoms with van der Waals surface area (Å²) in [4.78, 5) is 6.10. The number of nitrogens with zero attached hydrogens (tertiary/aromatic N) is 3. The molecule has 0 aliphatic heterocycles. The van der Waals surface area contributed by atoms with Gasteiger partial charge in [-0.25, -0.2) is 4.98 Å². The van der Waals surface area contributed by atoms with Gasteiger partial charge >= 0.3 is 0 Å². The van der Waals surface area contributed by atoms with E-state index in [1.165, 1.54) is 11.3 Å². The summed E-state index contributed by atoms with van der Waals surface area (Å²) in [6, 6.07) is 3.83. The Morgan fingerprint density at radius 1 is 1.55 bits per heavy atom. The van der Waals surface area contributed by atoms with Crippen molar-refractivity contribution in [1.82, 2.24) is 19.7 Å². The first-order valence-corrected chi connectivity index (χ1v) is 7.22. The van der Waals surface area contributed by atoms with Crippen molar-refractivity contribution in [2.24, 2.45) is 0 Å². The van der Waals surface area contributed by atoms with Crippen molar-refractivity contribution in [3.8, 4) is 10.7 Å². The number of methoxy groups -OCH3 is 1. The lowest BCUT2D eigenvalue weighted by atomic mass is 10.2. The third-order valence-electron chi connectivity index (χ3n) is 2.99. The summed E-state index contributed by atoms with van der Waals surface area (Å²) in [6.07, 6.45) is 1.75. The number of rotatable bonds is 4. The van der Waals surface area contributed by atoms with Crippen molar-refractivity contribution in [2.45, 2.75) is 6.54 Å². The van der Waals surface area contributed by atoms with Crippen LogP contribution in [0.1, 0.15) is 0 Å². The molecule has 3 aromatic rings. The lowest BCUT2D eigenvalue weighted by Crippen LogP contribution is -2.06. The van der Waals surface area contributed by atoms with Gasteiger partial charge in [0.05, 0.1) is 23.7 Å². The number of H-pyrrole nitrogens is 1. The number of pyridine rings is 1. The van der Waals surface area contributed by atoms with E-state index in [2.05, 4.69) is 15.2 Å². The van der Waals surface area contributed by atoms with Crippen LogP contribution in [-0.4, -0.2) is 33.5 Å². The molecule has 0 radical (unpaired) electrons. The molecule has 0 unspecified atom stereocenters. The number of fused-ring (bicyclic) bond motifs is 1. The van der Waals surface area contributed by atoms with Crippen LogP contribution in [0.3, 0.4) is 0 Å². The molecule has 3 aromatic heterocycles. The molecule has 3 N–H and O–H groups in total. The van der Waals surface area contributed by atoms with E-state index in [1.54, 1.807) is 13.3 Å². The number of nitrogens with one attached hydrogen (secondary N) is 1. The molecule has 0 saturated heterocycles. The minimum absolute atomic E-state index is 0.557. The maximum absolute atomic E-state index is 6.22. The third-order valence-corrected chi connectivity index (χ3v) is 4.42. The fourth-order valence-corrected chi connectivity index (χ4v) is 3.28. The van der Waals surface area contributed by atoms with Gasteiger partial charge in [-0.1, -0.05) is 0 Å². The van der Waals surface area contributed by atoms with Gasteiger partial charge in [-0.2, -0.15) is 5.10 Å². The zero-order chi connectivity index (χ0) is 14.1. The van der Waals surface area contributed by atoms with Crippen LogP contribution in [0.15, 0.2) is 18.3 Å². The van der Waals surface area contributed by atoms with Crippen molar-refractivity contribution < 1.29 is 4.74 Å². The van der Waals surface area contributed by atoms with Crippen molar-refractivity contribution in [3.63, 3.8) is 0 Å². The Hall–Kier alpha value is -1.77. The van der Waals surface area contributed by atoms with Crippen LogP contribution in [0.4, 0.5) is 5.69 Å². The second-order valence-corrected chi connectivity index (χ2v) is 5.58. The van der Waals surface area contributed by atoms with Crippen LogP contribution in [-0.2, 0) is 11.3 Å². The standard InChI is InChI=1S/C12H13N5OS2/c1-18-6-5-17-10(15-16-12(17)19)9-8(13)7-3-2-4-14-11(7)20-9/h2-4H,5-6,13H2,1H3,(H,16,19). The molecule has 0 spiro atoms. The van der Waals surface area contributed by atoms with Gasteiger partial charge in [-0.15, -0.1) is 11.3 Å². The zero-order valence-corrected chi connectivity index (χ0v) is 12.4. The van der Waals surface area contributed by atoms with Gasteiger partial charge in [0.2, 0.25) is 0 Å². The number of anilines is 1. The Bertz CT molecular complexity index is 804. The first kappa shape index (κ1) is 13.2. The fourth-order valence-electron chi connectivity index (χ4n) is 2.00. The molecule has 0 bridgehead atoms. The molecular formula is C12H13N5OS2. The molecule has 8 heteroatoms. The zero-order valence-electron chi connectivity index (χ0n) is 10.8. The Balaban J connectivity index is 2.16. The van der Waals surface area contributed by atoms with Crippen molar-refractivity contribution in [2.75, 3.05) is 19.5 Å². The summed E-state index contributed by atoms with van der Waals surface area (Å²) in [5.74, 6) is 0.729. The summed E-state index contributed by atoms with van der Waals surface area (Å²) in [7, 11) is 1.65. The fraction of sp³-hybridized carbons (Fsp3) is 0.250. The van der Waals surface area contributed by atoms with Crippen molar-refractivity contribution in [3.05, 3.63) is 23.1 Å². The number of thiophene rings is 1. The second kappa shape index (κ2) is 5.31. The Morgan fingerprint density at radius 3 is 3.15 bits per heavy atom. The molecule has 0 fully saturated rings. The topological polar surface area (TPSA) is 81.8 Å². The first-order chi connectivity index (χ1) is 9.72. The second-order valence-electron chi connectivity index (χ2n) is 4.20. The number of hydrogen-bond donors (Lipinski definition) is 2. The van der Waals surface area contributed by atoms with Crippen LogP contribution < -0.4 is 5.73 Å². The van der Waals surface area contributed by atoms with Crippen LogP contribution >= 0.6 is 23.6 Å². The predicted octanol–water partition coefficient (Wildman–Crippen LogP) is 2.45. The van der Waals surface area contributed by atoms with Crippen LogP contribution in [0, 0.1) is 4.77 Å². The third kappa shape index (κ3) is 2.11. The average Bonchev–Trinajstić information content (AvgIpc) is 2.98. The molecule has 0 aliphatic carbocycles. The SMILES string of the molecule is COCCn1c(-c2sc3ncccc3c2N)n[nH]c1=S. The molecule has 6 nitrogen and oxygen atoms in total. The van der Waals surface area contributed by atoms with Crippen molar-refractivity contribution in [1.29, 1.82) is 0 Å². The number of nitrogens with two attached hydrogens (primary N) is 1. The number of nitrogen functional groups attached to an aromatic ring is 1. The predicted molar refractivity (Wildman–Crippen MR) is 82.3 cm³/mol. The minimum atomic E-state index is 0.557. The summed E-state index contributed by atoms with van der Waals surface area (Å²) in [5.41, 5.74) is 6.90. The lowest BCUT2D eigenvalue weighted by molar-refractivity contribution is 0.187. The summed E-state index contributed by atoms with van der Waals surface area (Å²) >= 11 is 6.76. The Morgan fingerprint density at radius 2 is 2.40 bits per heavy atom. The monoisotopic (exact) mass is 307 g/mol. The molecule has 0 saturated carbocycles. The molecule has 0 amide bonds. The summed E-state index contributed by atoms with van der Waals surface area (Å²) < 4.78 is 7.55. The quantitative estimate of drug-likeness (QED) is 0.724. The number of hydrogen-bond acceptors (Lipinski definition) is 6. The average molecular weight is 307 g/mol. The van der Waals surface area contributed by atoms with Gasteiger partial charge in [0, 0.05) is 18.7 Å². The van der Waals surface area contributed by atoms with E-state index in [4.69, 9.17) is 22.7 Å². The normalized spacial score (nSPS) is 11.2. The largest absolute Gasteiger partial charge is 0.397 e. The van der Waals surface area contributed by atoms with Gasteiger partial charge < -0.3 is 10.5 Å². The van der Waals surface area contributed by atoms with Crippen molar-refractivity contribution >= 4 is 39.5 Å². The molecule has 20 heavy (non-hydrogen) atoms. The van der Waals surface area contributed by atoms with E-state index in [0.29, 0.717) is 23.6 Å². The van der Waals surface area contributed by atoms with E-state index >= 15 is 0 Å². The highest BCUT2D eigenvalue weighted by Gasteiger charge is 2.17. The minimum Gasteiger partial charge on any atom is -0.397 e. The van der Waals surface area contributed by atoms with Gasteiger partial charge in [0.15, 0.2) is 10.6 Å². The van der Waals surface area contributed by atoms with Gasteiger partial charge in [0.1, 0.15) is 4.83 Å². The lowest BCUT2D eigenvalue weighted by Gasteiger charge is -2.05. The maximum Gasteiger partial charge on any atom is 0.195 e. The highest BCUT2D eigenvalue weighted by molar-refractivity contribution is 7.71. The smallest absolute Gasteiger partial charge is 0.195 e. The van der Waals surface area contributed by atoms with E-state index in [-0.39, 0.29) is 0 Å². The van der Waals surface area contributed by atoms with Gasteiger partial charge in [-0.05, 0) is 24.4 Å². The molecule has 3 rings (SSSR count). The van der Waals surface area contributed by atoms with Crippen LogP contribution in [0.2, 0.25) is 0 Å². The molecule has 3 heterocycles. The van der Waals surface area contributed by atoms with Crippen LogP contribution in [0.5, 0.6) is 0 Å². The number of aromatic amines is 1. The van der Waals surface area contributed by atoms with E-state index in [0.717, 1.165) is 20.9 Å². The molecule has 0 aliphatic rings. The van der Waals surface area contributed by atoms with E-state index < -0.39 is 0 Å². The Kier molecular flexibility index (Phi) is 3.51. The highest BCUT2D eigenvalue weighted by Crippen LogP contribution is 2.38. The first-order valence-electron chi connectivity index (χ1n) is 6.00. The highest BCUT2D eigenvalue weighted by atomic mass is 32.1. The number of aromatic nitrogens is 4. The molecule has 0 atom stereocenters.